The summed E-state index contributed by atoms with van der Waals surface area (Å²) >= 11 is 5.00. The van der Waals surface area contributed by atoms with Gasteiger partial charge in [0.15, 0.2) is 0 Å². The first-order chi connectivity index (χ1) is 8.11. The van der Waals surface area contributed by atoms with Gasteiger partial charge in [0.25, 0.3) is 0 Å². The topological polar surface area (TPSA) is 46.3 Å². The van der Waals surface area contributed by atoms with Crippen molar-refractivity contribution in [2.45, 2.75) is 51.4 Å². The molecule has 1 heterocycles. The molecule has 2 rings (SSSR count). The molecule has 0 aromatic carbocycles. The van der Waals surface area contributed by atoms with Gasteiger partial charge in [0.05, 0.1) is 4.99 Å². The van der Waals surface area contributed by atoms with E-state index in [9.17, 15) is 4.79 Å². The molecular weight excluding hydrogens is 232 g/mol. The summed E-state index contributed by atoms with van der Waals surface area (Å²) in [5, 5.41) is 0. The van der Waals surface area contributed by atoms with Crippen LogP contribution in [0.4, 0.5) is 0 Å². The molecule has 0 bridgehead atoms. The molecule has 0 unspecified atom stereocenters. The number of rotatable bonds is 4. The summed E-state index contributed by atoms with van der Waals surface area (Å²) in [6.45, 7) is 1.81. The molecule has 17 heavy (non-hydrogen) atoms. The Hall–Kier alpha value is -0.640. The van der Waals surface area contributed by atoms with Crippen molar-refractivity contribution in [2.24, 2.45) is 11.1 Å². The zero-order chi connectivity index (χ0) is 12.3. The molecule has 4 heteroatoms. The van der Waals surface area contributed by atoms with E-state index in [0.29, 0.717) is 10.9 Å². The van der Waals surface area contributed by atoms with E-state index >= 15 is 0 Å². The predicted molar refractivity (Wildman–Crippen MR) is 72.7 cm³/mol. The molecule has 1 aliphatic carbocycles. The van der Waals surface area contributed by atoms with E-state index in [1.807, 2.05) is 0 Å². The van der Waals surface area contributed by atoms with Crippen molar-refractivity contribution in [3.8, 4) is 0 Å². The standard InChI is InChI=1S/C13H22N2OS/c14-11(17)9-13(6-7-13)10-15-8-4-2-1-3-5-12(15)16/h1-10H2,(H2,14,17). The highest BCUT2D eigenvalue weighted by Gasteiger charge is 2.44. The van der Waals surface area contributed by atoms with Crippen LogP contribution < -0.4 is 5.73 Å². The summed E-state index contributed by atoms with van der Waals surface area (Å²) in [6.07, 6.45) is 8.55. The average Bonchev–Trinajstić information content (AvgIpc) is 2.97. The predicted octanol–water partition coefficient (Wildman–Crippen LogP) is 2.24. The van der Waals surface area contributed by atoms with Crippen molar-refractivity contribution in [1.29, 1.82) is 0 Å². The lowest BCUT2D eigenvalue weighted by Crippen LogP contribution is -2.38. The molecule has 2 fully saturated rings. The molecule has 96 valence electrons. The van der Waals surface area contributed by atoms with Crippen LogP contribution in [0.15, 0.2) is 0 Å². The van der Waals surface area contributed by atoms with Crippen LogP contribution in [-0.4, -0.2) is 28.9 Å². The Kier molecular flexibility index (Phi) is 4.02. The Morgan fingerprint density at radius 2 is 2.00 bits per heavy atom. The maximum absolute atomic E-state index is 12.0. The van der Waals surface area contributed by atoms with Crippen LogP contribution in [-0.2, 0) is 4.79 Å². The molecule has 0 radical (unpaired) electrons. The van der Waals surface area contributed by atoms with Gasteiger partial charge >= 0.3 is 0 Å². The maximum atomic E-state index is 12.0. The van der Waals surface area contributed by atoms with Crippen molar-refractivity contribution in [3.63, 3.8) is 0 Å². The lowest BCUT2D eigenvalue weighted by molar-refractivity contribution is -0.132. The van der Waals surface area contributed by atoms with Crippen LogP contribution in [0.3, 0.4) is 0 Å². The Labute approximate surface area is 109 Å². The van der Waals surface area contributed by atoms with E-state index < -0.39 is 0 Å². The van der Waals surface area contributed by atoms with Gasteiger partial charge in [0, 0.05) is 25.9 Å². The monoisotopic (exact) mass is 254 g/mol. The summed E-state index contributed by atoms with van der Waals surface area (Å²) in [6, 6.07) is 0. The first-order valence-electron chi connectivity index (χ1n) is 6.67. The van der Waals surface area contributed by atoms with E-state index in [1.54, 1.807) is 0 Å². The zero-order valence-corrected chi connectivity index (χ0v) is 11.2. The van der Waals surface area contributed by atoms with Crippen molar-refractivity contribution in [2.75, 3.05) is 13.1 Å². The minimum Gasteiger partial charge on any atom is -0.393 e. The molecule has 0 spiro atoms. The fourth-order valence-corrected chi connectivity index (χ4v) is 3.03. The number of thiocarbonyl (C=S) groups is 1. The van der Waals surface area contributed by atoms with Crippen LogP contribution in [0.2, 0.25) is 0 Å². The van der Waals surface area contributed by atoms with Gasteiger partial charge < -0.3 is 10.6 Å². The minimum atomic E-state index is 0.237. The second-order valence-electron chi connectivity index (χ2n) is 5.62. The highest BCUT2D eigenvalue weighted by molar-refractivity contribution is 7.80. The molecular formula is C13H22N2OS. The minimum absolute atomic E-state index is 0.237. The van der Waals surface area contributed by atoms with Gasteiger partial charge in [-0.05, 0) is 31.1 Å². The molecule has 1 saturated carbocycles. The third-order valence-electron chi connectivity index (χ3n) is 3.95. The smallest absolute Gasteiger partial charge is 0.222 e. The maximum Gasteiger partial charge on any atom is 0.222 e. The molecule has 1 amide bonds. The molecule has 2 N–H and O–H groups in total. The number of nitrogens with two attached hydrogens (primary N) is 1. The van der Waals surface area contributed by atoms with Crippen molar-refractivity contribution >= 4 is 23.1 Å². The summed E-state index contributed by atoms with van der Waals surface area (Å²) in [4.78, 5) is 14.7. The highest BCUT2D eigenvalue weighted by Crippen LogP contribution is 2.49. The van der Waals surface area contributed by atoms with Crippen LogP contribution in [0.5, 0.6) is 0 Å². The third-order valence-corrected chi connectivity index (χ3v) is 4.10. The number of carbonyl (C=O) groups excluding carboxylic acids is 1. The van der Waals surface area contributed by atoms with E-state index in [-0.39, 0.29) is 5.41 Å². The Balaban J connectivity index is 1.91. The van der Waals surface area contributed by atoms with E-state index in [0.717, 1.165) is 38.8 Å². The third kappa shape index (κ3) is 3.66. The van der Waals surface area contributed by atoms with Gasteiger partial charge in [-0.3, -0.25) is 4.79 Å². The van der Waals surface area contributed by atoms with Crippen LogP contribution in [0, 0.1) is 5.41 Å². The molecule has 0 aromatic heterocycles. The number of nitrogens with zero attached hydrogens (tertiary/aromatic N) is 1. The normalized spacial score (nSPS) is 24.0. The van der Waals surface area contributed by atoms with Gasteiger partial charge in [-0.15, -0.1) is 0 Å². The fraction of sp³-hybridized carbons (Fsp3) is 0.846. The number of carbonyl (C=O) groups is 1. The Bertz CT molecular complexity index is 313. The van der Waals surface area contributed by atoms with Crippen molar-refractivity contribution in [3.05, 3.63) is 0 Å². The second-order valence-corrected chi connectivity index (χ2v) is 6.15. The summed E-state index contributed by atoms with van der Waals surface area (Å²) in [5.41, 5.74) is 5.88. The molecule has 0 atom stereocenters. The van der Waals surface area contributed by atoms with Crippen molar-refractivity contribution in [1.82, 2.24) is 4.90 Å². The lowest BCUT2D eigenvalue weighted by atomic mass is 10.00. The van der Waals surface area contributed by atoms with Gasteiger partial charge in [0.2, 0.25) is 5.91 Å². The molecule has 0 aromatic rings. The van der Waals surface area contributed by atoms with E-state index in [2.05, 4.69) is 4.90 Å². The Morgan fingerprint density at radius 3 is 2.65 bits per heavy atom. The summed E-state index contributed by atoms with van der Waals surface area (Å²) in [5.74, 6) is 0.332. The quantitative estimate of drug-likeness (QED) is 0.783. The summed E-state index contributed by atoms with van der Waals surface area (Å²) in [7, 11) is 0. The average molecular weight is 254 g/mol. The van der Waals surface area contributed by atoms with Crippen molar-refractivity contribution < 1.29 is 4.79 Å². The lowest BCUT2D eigenvalue weighted by Gasteiger charge is -2.29. The zero-order valence-electron chi connectivity index (χ0n) is 10.4. The summed E-state index contributed by atoms with van der Waals surface area (Å²) < 4.78 is 0. The van der Waals surface area contributed by atoms with Crippen LogP contribution in [0.1, 0.15) is 51.4 Å². The van der Waals surface area contributed by atoms with E-state index in [1.165, 1.54) is 25.7 Å². The highest BCUT2D eigenvalue weighted by atomic mass is 32.1. The fourth-order valence-electron chi connectivity index (χ4n) is 2.72. The Morgan fingerprint density at radius 1 is 1.29 bits per heavy atom. The van der Waals surface area contributed by atoms with Crippen LogP contribution in [0.25, 0.3) is 0 Å². The van der Waals surface area contributed by atoms with Crippen LogP contribution >= 0.6 is 12.2 Å². The largest absolute Gasteiger partial charge is 0.393 e. The molecule has 1 saturated heterocycles. The first kappa shape index (κ1) is 12.8. The van der Waals surface area contributed by atoms with Gasteiger partial charge in [-0.1, -0.05) is 25.1 Å². The molecule has 1 aliphatic heterocycles. The number of likely N-dealkylation sites (tertiary alicyclic amines) is 1. The first-order valence-corrected chi connectivity index (χ1v) is 7.08. The van der Waals surface area contributed by atoms with Gasteiger partial charge in [-0.2, -0.15) is 0 Å². The number of amides is 1. The van der Waals surface area contributed by atoms with Gasteiger partial charge in [-0.25, -0.2) is 0 Å². The molecule has 2 aliphatic rings. The second kappa shape index (κ2) is 5.34. The SMILES string of the molecule is NC(=S)CC1(CN2CCCCCCC2=O)CC1. The van der Waals surface area contributed by atoms with Gasteiger partial charge in [0.1, 0.15) is 0 Å². The van der Waals surface area contributed by atoms with E-state index in [4.69, 9.17) is 18.0 Å². The number of hydrogen-bond acceptors (Lipinski definition) is 2. The number of hydrogen-bond donors (Lipinski definition) is 1. The molecule has 3 nitrogen and oxygen atoms in total.